The Kier molecular flexibility index (Phi) is 4.08. The second-order valence-corrected chi connectivity index (χ2v) is 5.56. The van der Waals surface area contributed by atoms with E-state index in [4.69, 9.17) is 10.4 Å². The summed E-state index contributed by atoms with van der Waals surface area (Å²) in [5, 5.41) is 14.1. The van der Waals surface area contributed by atoms with Crippen molar-refractivity contribution in [3.05, 3.63) is 23.9 Å². The lowest BCUT2D eigenvalue weighted by atomic mass is 10.3. The normalized spacial score (nSPS) is 10.9. The van der Waals surface area contributed by atoms with Crippen molar-refractivity contribution in [2.24, 2.45) is 5.14 Å². The van der Waals surface area contributed by atoms with Crippen LogP contribution in [0.1, 0.15) is 5.56 Å². The molecular formula is C8H9N3O2S2. The molecule has 0 aromatic carbocycles. The van der Waals surface area contributed by atoms with Crippen LogP contribution in [0.3, 0.4) is 0 Å². The molecule has 0 aliphatic rings. The topological polar surface area (TPSA) is 96.8 Å². The van der Waals surface area contributed by atoms with Gasteiger partial charge in [-0.1, -0.05) is 0 Å². The Morgan fingerprint density at radius 1 is 1.60 bits per heavy atom. The van der Waals surface area contributed by atoms with Crippen molar-refractivity contribution in [3.8, 4) is 6.07 Å². The molecule has 1 aromatic rings. The van der Waals surface area contributed by atoms with Crippen LogP contribution in [0.2, 0.25) is 0 Å². The van der Waals surface area contributed by atoms with E-state index in [1.807, 2.05) is 6.07 Å². The van der Waals surface area contributed by atoms with E-state index in [1.54, 1.807) is 12.1 Å². The molecule has 0 bridgehead atoms. The first-order valence-corrected chi connectivity index (χ1v) is 6.71. The van der Waals surface area contributed by atoms with Gasteiger partial charge in [-0.25, -0.2) is 18.5 Å². The molecule has 0 saturated heterocycles. The molecule has 0 radical (unpaired) electrons. The highest BCUT2D eigenvalue weighted by Gasteiger charge is 2.04. The maximum Gasteiger partial charge on any atom is 0.209 e. The molecule has 15 heavy (non-hydrogen) atoms. The van der Waals surface area contributed by atoms with Crippen LogP contribution in [0.5, 0.6) is 0 Å². The molecule has 0 amide bonds. The second-order valence-electron chi connectivity index (χ2n) is 2.71. The van der Waals surface area contributed by atoms with Crippen LogP contribution in [-0.4, -0.2) is 24.9 Å². The summed E-state index contributed by atoms with van der Waals surface area (Å²) in [7, 11) is -3.42. The van der Waals surface area contributed by atoms with Gasteiger partial charge in [0.2, 0.25) is 10.0 Å². The van der Waals surface area contributed by atoms with Crippen LogP contribution < -0.4 is 5.14 Å². The first-order valence-electron chi connectivity index (χ1n) is 4.01. The average Bonchev–Trinajstić information content (AvgIpc) is 2.16. The zero-order chi connectivity index (χ0) is 11.3. The molecular weight excluding hydrogens is 234 g/mol. The lowest BCUT2D eigenvalue weighted by molar-refractivity contribution is 0.599. The summed E-state index contributed by atoms with van der Waals surface area (Å²) in [6.45, 7) is 0. The summed E-state index contributed by atoms with van der Waals surface area (Å²) < 4.78 is 21.3. The van der Waals surface area contributed by atoms with E-state index in [-0.39, 0.29) is 5.75 Å². The Bertz CT molecular complexity index is 479. The molecule has 0 saturated carbocycles. The maximum atomic E-state index is 10.6. The van der Waals surface area contributed by atoms with Gasteiger partial charge in [-0.2, -0.15) is 5.26 Å². The van der Waals surface area contributed by atoms with Crippen molar-refractivity contribution in [2.75, 3.05) is 11.5 Å². The van der Waals surface area contributed by atoms with Gasteiger partial charge in [0, 0.05) is 11.9 Å². The highest BCUT2D eigenvalue weighted by atomic mass is 32.2. The third-order valence-electron chi connectivity index (χ3n) is 1.48. The molecule has 1 rings (SSSR count). The van der Waals surface area contributed by atoms with E-state index in [2.05, 4.69) is 4.98 Å². The van der Waals surface area contributed by atoms with Gasteiger partial charge >= 0.3 is 0 Å². The Labute approximate surface area is 92.4 Å². The zero-order valence-corrected chi connectivity index (χ0v) is 9.38. The zero-order valence-electron chi connectivity index (χ0n) is 7.75. The average molecular weight is 243 g/mol. The van der Waals surface area contributed by atoms with Gasteiger partial charge in [0.1, 0.15) is 0 Å². The summed E-state index contributed by atoms with van der Waals surface area (Å²) in [6, 6.07) is 5.17. The summed E-state index contributed by atoms with van der Waals surface area (Å²) in [6.07, 6.45) is 1.51. The first kappa shape index (κ1) is 12.0. The third-order valence-corrected chi connectivity index (χ3v) is 3.44. The standard InChI is InChI=1S/C8H9N3O2S2/c9-6-7-1-2-11-8(5-7)14-3-4-15(10,12)13/h1-2,5H,3-4H2,(H2,10,12,13). The summed E-state index contributed by atoms with van der Waals surface area (Å²) >= 11 is 1.26. The van der Waals surface area contributed by atoms with Crippen LogP contribution >= 0.6 is 11.8 Å². The number of thioether (sulfide) groups is 1. The highest BCUT2D eigenvalue weighted by Crippen LogP contribution is 2.15. The van der Waals surface area contributed by atoms with Gasteiger partial charge in [-0.05, 0) is 12.1 Å². The minimum absolute atomic E-state index is 0.101. The van der Waals surface area contributed by atoms with Gasteiger partial charge in [-0.15, -0.1) is 11.8 Å². The number of hydrogen-bond donors (Lipinski definition) is 1. The lowest BCUT2D eigenvalue weighted by Gasteiger charge is -1.99. The molecule has 0 aliphatic carbocycles. The minimum Gasteiger partial charge on any atom is -0.250 e. The monoisotopic (exact) mass is 243 g/mol. The summed E-state index contributed by atoms with van der Waals surface area (Å²) in [4.78, 5) is 3.98. The fourth-order valence-electron chi connectivity index (χ4n) is 0.820. The van der Waals surface area contributed by atoms with Crippen LogP contribution in [0.15, 0.2) is 23.4 Å². The molecule has 7 heteroatoms. The number of primary sulfonamides is 1. The third kappa shape index (κ3) is 4.78. The summed E-state index contributed by atoms with van der Waals surface area (Å²) in [5.74, 6) is 0.233. The van der Waals surface area contributed by atoms with E-state index in [0.717, 1.165) is 0 Å². The quantitative estimate of drug-likeness (QED) is 0.769. The number of nitrogens with zero attached hydrogens (tertiary/aromatic N) is 2. The molecule has 0 unspecified atom stereocenters. The van der Waals surface area contributed by atoms with Gasteiger partial charge < -0.3 is 0 Å². The lowest BCUT2D eigenvalue weighted by Crippen LogP contribution is -2.17. The van der Waals surface area contributed by atoms with Crippen LogP contribution in [0.4, 0.5) is 0 Å². The number of aromatic nitrogens is 1. The van der Waals surface area contributed by atoms with Gasteiger partial charge in [0.05, 0.1) is 22.4 Å². The molecule has 0 spiro atoms. The van der Waals surface area contributed by atoms with E-state index >= 15 is 0 Å². The number of pyridine rings is 1. The molecule has 0 fully saturated rings. The van der Waals surface area contributed by atoms with Crippen molar-refractivity contribution < 1.29 is 8.42 Å². The Morgan fingerprint density at radius 3 is 2.93 bits per heavy atom. The molecule has 0 aliphatic heterocycles. The van der Waals surface area contributed by atoms with Crippen molar-refractivity contribution in [1.29, 1.82) is 5.26 Å². The number of rotatable bonds is 4. The van der Waals surface area contributed by atoms with E-state index in [9.17, 15) is 8.42 Å². The van der Waals surface area contributed by atoms with Crippen molar-refractivity contribution >= 4 is 21.8 Å². The van der Waals surface area contributed by atoms with E-state index in [0.29, 0.717) is 16.3 Å². The fourth-order valence-corrected chi connectivity index (χ4v) is 2.64. The van der Waals surface area contributed by atoms with Gasteiger partial charge in [0.15, 0.2) is 0 Å². The van der Waals surface area contributed by atoms with Crippen molar-refractivity contribution in [2.45, 2.75) is 5.03 Å². The molecule has 1 heterocycles. The van der Waals surface area contributed by atoms with Gasteiger partial charge in [0.25, 0.3) is 0 Å². The molecule has 0 atom stereocenters. The largest absolute Gasteiger partial charge is 0.250 e. The molecule has 5 nitrogen and oxygen atoms in total. The SMILES string of the molecule is N#Cc1ccnc(SCCS(N)(=O)=O)c1. The van der Waals surface area contributed by atoms with Crippen LogP contribution in [0, 0.1) is 11.3 Å². The number of nitriles is 1. The van der Waals surface area contributed by atoms with Crippen molar-refractivity contribution in [1.82, 2.24) is 4.98 Å². The maximum absolute atomic E-state index is 10.6. The summed E-state index contributed by atoms with van der Waals surface area (Å²) in [5.41, 5.74) is 0.503. The Balaban J connectivity index is 2.55. The predicted molar refractivity (Wildman–Crippen MR) is 57.7 cm³/mol. The molecule has 80 valence electrons. The number of sulfonamides is 1. The highest BCUT2D eigenvalue weighted by molar-refractivity contribution is 8.00. The first-order chi connectivity index (χ1) is 7.01. The van der Waals surface area contributed by atoms with Gasteiger partial charge in [-0.3, -0.25) is 0 Å². The predicted octanol–water partition coefficient (Wildman–Crippen LogP) is 0.334. The van der Waals surface area contributed by atoms with Crippen molar-refractivity contribution in [3.63, 3.8) is 0 Å². The Morgan fingerprint density at radius 2 is 2.33 bits per heavy atom. The van der Waals surface area contributed by atoms with E-state index in [1.165, 1.54) is 18.0 Å². The molecule has 1 aromatic heterocycles. The number of hydrogen-bond acceptors (Lipinski definition) is 5. The number of nitrogens with two attached hydrogens (primary N) is 1. The fraction of sp³-hybridized carbons (Fsp3) is 0.250. The molecule has 2 N–H and O–H groups in total. The minimum atomic E-state index is -3.42. The van der Waals surface area contributed by atoms with E-state index < -0.39 is 10.0 Å². The smallest absolute Gasteiger partial charge is 0.209 e. The van der Waals surface area contributed by atoms with Crippen LogP contribution in [-0.2, 0) is 10.0 Å². The van der Waals surface area contributed by atoms with Crippen LogP contribution in [0.25, 0.3) is 0 Å². The second kappa shape index (κ2) is 5.11. The Hall–Kier alpha value is -1.10.